The van der Waals surface area contributed by atoms with Crippen molar-refractivity contribution >= 4 is 18.2 Å². The van der Waals surface area contributed by atoms with Gasteiger partial charge in [-0.2, -0.15) is 4.90 Å². The summed E-state index contributed by atoms with van der Waals surface area (Å²) in [4.78, 5) is 39.8. The third kappa shape index (κ3) is 8.69. The van der Waals surface area contributed by atoms with Gasteiger partial charge in [0.2, 0.25) is 0 Å². The number of aliphatic hydroxyl groups is 1. The summed E-state index contributed by atoms with van der Waals surface area (Å²) in [5.74, 6) is -1.02. The van der Waals surface area contributed by atoms with Gasteiger partial charge in [-0.3, -0.25) is 0 Å². The Bertz CT molecular complexity index is 862. The summed E-state index contributed by atoms with van der Waals surface area (Å²) in [6.45, 7) is 11.3. The van der Waals surface area contributed by atoms with Crippen LogP contribution < -0.4 is 4.74 Å². The zero-order valence-corrected chi connectivity index (χ0v) is 21.4. The Hall–Kier alpha value is -2.88. The summed E-state index contributed by atoms with van der Waals surface area (Å²) in [5, 5.41) is 10.7. The van der Waals surface area contributed by atoms with Gasteiger partial charge in [0.25, 0.3) is 0 Å². The molecule has 1 aromatic rings. The number of carbonyl (C=O) groups excluding carboxylic acids is 3. The van der Waals surface area contributed by atoms with Crippen molar-refractivity contribution in [3.8, 4) is 5.75 Å². The van der Waals surface area contributed by atoms with Crippen LogP contribution in [0, 0.1) is 5.82 Å². The van der Waals surface area contributed by atoms with Gasteiger partial charge in [-0.1, -0.05) is 0 Å². The lowest BCUT2D eigenvalue weighted by Gasteiger charge is -2.33. The molecule has 1 N–H and O–H groups in total. The number of halogens is 1. The molecule has 0 spiro atoms. The fraction of sp³-hybridized carbons (Fsp3) is 0.640. The predicted octanol–water partition coefficient (Wildman–Crippen LogP) is 4.59. The van der Waals surface area contributed by atoms with Crippen LogP contribution in [0.3, 0.4) is 0 Å². The van der Waals surface area contributed by atoms with Crippen LogP contribution in [0.25, 0.3) is 0 Å². The highest BCUT2D eigenvalue weighted by Gasteiger charge is 2.43. The molecule has 1 heterocycles. The summed E-state index contributed by atoms with van der Waals surface area (Å²) in [7, 11) is 0. The highest BCUT2D eigenvalue weighted by Crippen LogP contribution is 2.26. The molecule has 10 heteroatoms. The van der Waals surface area contributed by atoms with E-state index in [0.717, 1.165) is 0 Å². The summed E-state index contributed by atoms with van der Waals surface area (Å²) in [6, 6.07) is 3.89. The van der Waals surface area contributed by atoms with Crippen molar-refractivity contribution in [1.29, 1.82) is 0 Å². The van der Waals surface area contributed by atoms with Gasteiger partial charge in [-0.25, -0.2) is 18.8 Å². The second-order valence-electron chi connectivity index (χ2n) is 10.5. The third-order valence-corrected chi connectivity index (χ3v) is 4.97. The van der Waals surface area contributed by atoms with Crippen LogP contribution in [-0.2, 0) is 19.0 Å². The molecule has 0 aromatic heterocycles. The monoisotopic (exact) mass is 497 g/mol. The molecule has 1 saturated heterocycles. The van der Waals surface area contributed by atoms with Gasteiger partial charge >= 0.3 is 18.2 Å². The van der Waals surface area contributed by atoms with E-state index in [2.05, 4.69) is 0 Å². The van der Waals surface area contributed by atoms with E-state index in [0.29, 0.717) is 10.6 Å². The number of amides is 2. The Morgan fingerprint density at radius 2 is 1.51 bits per heavy atom. The van der Waals surface area contributed by atoms with Crippen molar-refractivity contribution in [2.75, 3.05) is 0 Å². The van der Waals surface area contributed by atoms with Crippen molar-refractivity contribution in [2.24, 2.45) is 0 Å². The van der Waals surface area contributed by atoms with Crippen molar-refractivity contribution in [3.05, 3.63) is 30.1 Å². The first-order valence-corrected chi connectivity index (χ1v) is 11.6. The highest BCUT2D eigenvalue weighted by molar-refractivity contribution is 5.94. The quantitative estimate of drug-likeness (QED) is 0.477. The average molecular weight is 498 g/mol. The molecule has 196 valence electrons. The Labute approximate surface area is 205 Å². The van der Waals surface area contributed by atoms with Gasteiger partial charge in [0, 0.05) is 0 Å². The smallest absolute Gasteiger partial charge is 0.420 e. The Kier molecular flexibility index (Phi) is 9.11. The van der Waals surface area contributed by atoms with Crippen LogP contribution >= 0.6 is 0 Å². The number of hydrogen-bond acceptors (Lipinski definition) is 8. The number of hydrogen-bond donors (Lipinski definition) is 1. The van der Waals surface area contributed by atoms with Crippen LogP contribution in [0.15, 0.2) is 24.3 Å². The van der Waals surface area contributed by atoms with E-state index in [9.17, 15) is 23.9 Å². The molecule has 0 aliphatic carbocycles. The first kappa shape index (κ1) is 28.4. The maximum absolute atomic E-state index is 13.2. The summed E-state index contributed by atoms with van der Waals surface area (Å²) in [6.07, 6.45) is -4.55. The van der Waals surface area contributed by atoms with Crippen molar-refractivity contribution in [2.45, 2.75) is 103 Å². The molecule has 1 aliphatic heterocycles. The molecule has 0 radical (unpaired) electrons. The second kappa shape index (κ2) is 11.2. The lowest BCUT2D eigenvalue weighted by Crippen LogP contribution is -2.53. The normalized spacial score (nSPS) is 23.7. The van der Waals surface area contributed by atoms with Crippen LogP contribution in [0.2, 0.25) is 0 Å². The van der Waals surface area contributed by atoms with E-state index in [-0.39, 0.29) is 19.3 Å². The second-order valence-corrected chi connectivity index (χ2v) is 10.5. The molecule has 1 aromatic carbocycles. The fourth-order valence-corrected chi connectivity index (χ4v) is 3.47. The van der Waals surface area contributed by atoms with Crippen LogP contribution in [0.4, 0.5) is 14.0 Å². The standard InChI is InChI=1S/C25H36FNO8/c1-15-20(33-17-13-11-16(26)12-14-17)19(28)10-8-9-18(21(29)32-15)27(22(30)34-24(2,3)4)23(31)35-25(5,6)7/h11-15,18-20,28H,8-10H2,1-7H3/t15-,18-,19-,20-/m0/s1. The van der Waals surface area contributed by atoms with Crippen molar-refractivity contribution in [1.82, 2.24) is 4.90 Å². The minimum Gasteiger partial charge on any atom is -0.484 e. The van der Waals surface area contributed by atoms with E-state index >= 15 is 0 Å². The van der Waals surface area contributed by atoms with Gasteiger partial charge in [0.05, 0.1) is 6.10 Å². The number of rotatable bonds is 3. The van der Waals surface area contributed by atoms with Crippen LogP contribution in [0.5, 0.6) is 5.75 Å². The van der Waals surface area contributed by atoms with Gasteiger partial charge in [0.1, 0.15) is 34.9 Å². The maximum Gasteiger partial charge on any atom is 0.420 e. The van der Waals surface area contributed by atoms with E-state index < -0.39 is 59.5 Å². The highest BCUT2D eigenvalue weighted by atomic mass is 19.1. The fourth-order valence-electron chi connectivity index (χ4n) is 3.47. The molecular weight excluding hydrogens is 461 g/mol. The molecule has 2 rings (SSSR count). The number of aliphatic hydroxyl groups excluding tert-OH is 1. The van der Waals surface area contributed by atoms with Crippen molar-refractivity contribution in [3.63, 3.8) is 0 Å². The number of benzene rings is 1. The summed E-state index contributed by atoms with van der Waals surface area (Å²) < 4.78 is 35.3. The number of esters is 1. The Balaban J connectivity index is 2.32. The topological polar surface area (TPSA) is 112 Å². The number of ether oxygens (including phenoxy) is 4. The number of carbonyl (C=O) groups is 3. The zero-order valence-electron chi connectivity index (χ0n) is 21.4. The van der Waals surface area contributed by atoms with E-state index in [1.54, 1.807) is 41.5 Å². The molecule has 4 atom stereocenters. The van der Waals surface area contributed by atoms with Crippen LogP contribution in [-0.4, -0.2) is 63.7 Å². The number of nitrogens with zero attached hydrogens (tertiary/aromatic N) is 1. The first-order chi connectivity index (χ1) is 16.1. The summed E-state index contributed by atoms with van der Waals surface area (Å²) >= 11 is 0. The van der Waals surface area contributed by atoms with E-state index in [4.69, 9.17) is 18.9 Å². The van der Waals surface area contributed by atoms with Gasteiger partial charge < -0.3 is 24.1 Å². The third-order valence-electron chi connectivity index (χ3n) is 4.97. The van der Waals surface area contributed by atoms with Gasteiger partial charge in [-0.15, -0.1) is 0 Å². The van der Waals surface area contributed by atoms with E-state index in [1.807, 2.05) is 0 Å². The predicted molar refractivity (Wildman–Crippen MR) is 124 cm³/mol. The molecule has 1 aliphatic rings. The lowest BCUT2D eigenvalue weighted by atomic mass is 10.0. The number of imide groups is 1. The van der Waals surface area contributed by atoms with Crippen LogP contribution in [0.1, 0.15) is 67.7 Å². The molecule has 2 amide bonds. The Morgan fingerprint density at radius 1 is 1.00 bits per heavy atom. The van der Waals surface area contributed by atoms with Crippen molar-refractivity contribution < 1.29 is 42.8 Å². The molecule has 35 heavy (non-hydrogen) atoms. The maximum atomic E-state index is 13.2. The molecule has 0 saturated carbocycles. The largest absolute Gasteiger partial charge is 0.484 e. The zero-order chi connectivity index (χ0) is 26.6. The van der Waals surface area contributed by atoms with Gasteiger partial charge in [-0.05, 0) is 92.0 Å². The first-order valence-electron chi connectivity index (χ1n) is 11.6. The minimum atomic E-state index is -1.33. The number of cyclic esters (lactones) is 1. The molecule has 0 bridgehead atoms. The average Bonchev–Trinajstić information content (AvgIpc) is 2.73. The molecular formula is C25H36FNO8. The molecule has 1 fully saturated rings. The Morgan fingerprint density at radius 3 is 2.00 bits per heavy atom. The molecule has 9 nitrogen and oxygen atoms in total. The molecule has 0 unspecified atom stereocenters. The SMILES string of the molecule is C[C@@H]1OC(=O)[C@@H](N(C(=O)OC(C)(C)C)C(=O)OC(C)(C)C)CCC[C@H](O)[C@H]1Oc1ccc(F)cc1. The summed E-state index contributed by atoms with van der Waals surface area (Å²) in [5.41, 5.74) is -1.87. The lowest BCUT2D eigenvalue weighted by molar-refractivity contribution is -0.161. The van der Waals surface area contributed by atoms with Gasteiger partial charge in [0.15, 0.2) is 6.10 Å². The minimum absolute atomic E-state index is 0.0182. The van der Waals surface area contributed by atoms with E-state index in [1.165, 1.54) is 31.2 Å².